The molecule has 0 aliphatic heterocycles. The van der Waals surface area contributed by atoms with Crippen LogP contribution in [0.1, 0.15) is 44.5 Å². The van der Waals surface area contributed by atoms with Gasteiger partial charge >= 0.3 is 0 Å². The number of aromatic nitrogens is 2. The van der Waals surface area contributed by atoms with Gasteiger partial charge < -0.3 is 20.1 Å². The number of hydrogen-bond acceptors (Lipinski definition) is 6. The lowest BCUT2D eigenvalue weighted by molar-refractivity contribution is -0.137. The van der Waals surface area contributed by atoms with Crippen LogP contribution in [0.4, 0.5) is 0 Å². The summed E-state index contributed by atoms with van der Waals surface area (Å²) in [6, 6.07) is 6.89. The van der Waals surface area contributed by atoms with Crippen molar-refractivity contribution in [3.63, 3.8) is 0 Å². The molecular weight excluding hydrogens is 384 g/mol. The van der Waals surface area contributed by atoms with E-state index in [9.17, 15) is 9.59 Å². The van der Waals surface area contributed by atoms with Crippen molar-refractivity contribution in [1.29, 1.82) is 0 Å². The van der Waals surface area contributed by atoms with E-state index in [0.29, 0.717) is 43.0 Å². The van der Waals surface area contributed by atoms with Gasteiger partial charge in [-0.05, 0) is 38.4 Å². The van der Waals surface area contributed by atoms with Crippen LogP contribution in [-0.4, -0.2) is 60.9 Å². The van der Waals surface area contributed by atoms with Crippen LogP contribution in [0.2, 0.25) is 0 Å². The minimum absolute atomic E-state index is 0.0109. The number of carbonyl (C=O) groups excluding carboxylic acids is 1. The first-order valence-electron chi connectivity index (χ1n) is 10.5. The Morgan fingerprint density at radius 3 is 2.60 bits per heavy atom. The number of unbranched alkanes of at least 4 members (excludes halogenated alkanes) is 3. The number of amides is 1. The average molecular weight is 419 g/mol. The number of methoxy groups -OCH3 is 2. The van der Waals surface area contributed by atoms with E-state index >= 15 is 0 Å². The SMILES string of the molecule is COCCn1c([C@@H](C)N(CCCCCCN)C(=O)COC)nc2ccccc2c1=O. The summed E-state index contributed by atoms with van der Waals surface area (Å²) in [6.45, 7) is 3.90. The Kier molecular flexibility index (Phi) is 9.93. The van der Waals surface area contributed by atoms with Crippen molar-refractivity contribution >= 4 is 16.8 Å². The molecule has 2 N–H and O–H groups in total. The van der Waals surface area contributed by atoms with E-state index in [2.05, 4.69) is 0 Å². The molecule has 1 heterocycles. The molecule has 0 unspecified atom stereocenters. The molecule has 1 aromatic carbocycles. The van der Waals surface area contributed by atoms with Crippen molar-refractivity contribution in [2.24, 2.45) is 5.73 Å². The first-order valence-corrected chi connectivity index (χ1v) is 10.5. The maximum absolute atomic E-state index is 13.1. The van der Waals surface area contributed by atoms with E-state index in [0.717, 1.165) is 25.7 Å². The Bertz CT molecular complexity index is 868. The summed E-state index contributed by atoms with van der Waals surface area (Å²) in [6.07, 6.45) is 3.85. The number of hydrogen-bond donors (Lipinski definition) is 1. The van der Waals surface area contributed by atoms with Gasteiger partial charge in [-0.15, -0.1) is 0 Å². The van der Waals surface area contributed by atoms with Crippen molar-refractivity contribution in [2.75, 3.05) is 40.5 Å². The zero-order valence-corrected chi connectivity index (χ0v) is 18.3. The lowest BCUT2D eigenvalue weighted by Gasteiger charge is -2.30. The highest BCUT2D eigenvalue weighted by atomic mass is 16.5. The van der Waals surface area contributed by atoms with Gasteiger partial charge in [-0.3, -0.25) is 14.2 Å². The molecule has 2 rings (SSSR count). The molecule has 0 saturated carbocycles. The van der Waals surface area contributed by atoms with Crippen LogP contribution in [0.15, 0.2) is 29.1 Å². The summed E-state index contributed by atoms with van der Waals surface area (Å²) < 4.78 is 11.9. The van der Waals surface area contributed by atoms with Gasteiger partial charge in [0.15, 0.2) is 0 Å². The molecule has 1 atom stereocenters. The van der Waals surface area contributed by atoms with Crippen molar-refractivity contribution in [2.45, 2.75) is 45.2 Å². The van der Waals surface area contributed by atoms with Gasteiger partial charge in [-0.1, -0.05) is 25.0 Å². The number of rotatable bonds is 13. The molecule has 1 aromatic heterocycles. The third kappa shape index (κ3) is 6.10. The molecule has 0 radical (unpaired) electrons. The third-order valence-electron chi connectivity index (χ3n) is 5.19. The maximum Gasteiger partial charge on any atom is 0.261 e. The number of nitrogens with zero attached hydrogens (tertiary/aromatic N) is 3. The fourth-order valence-electron chi connectivity index (χ4n) is 3.56. The van der Waals surface area contributed by atoms with Crippen molar-refractivity contribution < 1.29 is 14.3 Å². The zero-order valence-electron chi connectivity index (χ0n) is 18.3. The van der Waals surface area contributed by atoms with Crippen LogP contribution in [0.3, 0.4) is 0 Å². The number of benzene rings is 1. The number of carbonyl (C=O) groups is 1. The molecule has 1 amide bonds. The van der Waals surface area contributed by atoms with E-state index < -0.39 is 0 Å². The molecule has 8 nitrogen and oxygen atoms in total. The topological polar surface area (TPSA) is 99.7 Å². The minimum atomic E-state index is -0.378. The summed E-state index contributed by atoms with van der Waals surface area (Å²) in [5.41, 5.74) is 6.07. The molecule has 0 spiro atoms. The van der Waals surface area contributed by atoms with Gasteiger partial charge in [0.05, 0.1) is 30.1 Å². The fourth-order valence-corrected chi connectivity index (χ4v) is 3.56. The molecule has 0 fully saturated rings. The summed E-state index contributed by atoms with van der Waals surface area (Å²) in [4.78, 5) is 32.5. The number of ether oxygens (including phenoxy) is 2. The second-order valence-electron chi connectivity index (χ2n) is 7.34. The van der Waals surface area contributed by atoms with E-state index in [1.165, 1.54) is 7.11 Å². The maximum atomic E-state index is 13.1. The van der Waals surface area contributed by atoms with Gasteiger partial charge in [0, 0.05) is 20.8 Å². The van der Waals surface area contributed by atoms with Gasteiger partial charge in [-0.2, -0.15) is 0 Å². The molecule has 0 bridgehead atoms. The van der Waals surface area contributed by atoms with E-state index in [-0.39, 0.29) is 24.1 Å². The van der Waals surface area contributed by atoms with E-state index in [1.54, 1.807) is 22.6 Å². The standard InChI is InChI=1S/C22H34N4O4/c1-17(25(20(27)16-30-3)13-9-5-4-8-12-23)21-24-19-11-7-6-10-18(19)22(28)26(21)14-15-29-2/h6-7,10-11,17H,4-5,8-9,12-16,23H2,1-3H3/t17-/m1/s1. The van der Waals surface area contributed by atoms with Crippen LogP contribution < -0.4 is 11.3 Å². The molecule has 8 heteroatoms. The largest absolute Gasteiger partial charge is 0.383 e. The summed E-state index contributed by atoms with van der Waals surface area (Å²) in [7, 11) is 3.10. The van der Waals surface area contributed by atoms with Gasteiger partial charge in [0.1, 0.15) is 12.4 Å². The van der Waals surface area contributed by atoms with Gasteiger partial charge in [0.25, 0.3) is 5.56 Å². The Hall–Kier alpha value is -2.29. The summed E-state index contributed by atoms with van der Waals surface area (Å²) >= 11 is 0. The van der Waals surface area contributed by atoms with E-state index in [4.69, 9.17) is 20.2 Å². The van der Waals surface area contributed by atoms with Crippen LogP contribution in [0, 0.1) is 0 Å². The normalized spacial score (nSPS) is 12.3. The minimum Gasteiger partial charge on any atom is -0.383 e. The van der Waals surface area contributed by atoms with Crippen LogP contribution in [0.5, 0.6) is 0 Å². The van der Waals surface area contributed by atoms with Gasteiger partial charge in [0.2, 0.25) is 5.91 Å². The fraction of sp³-hybridized carbons (Fsp3) is 0.591. The van der Waals surface area contributed by atoms with Crippen molar-refractivity contribution in [3.05, 3.63) is 40.4 Å². The van der Waals surface area contributed by atoms with E-state index in [1.807, 2.05) is 25.1 Å². The molecule has 2 aromatic rings. The predicted molar refractivity (Wildman–Crippen MR) is 117 cm³/mol. The highest BCUT2D eigenvalue weighted by Crippen LogP contribution is 2.21. The van der Waals surface area contributed by atoms with Crippen LogP contribution in [0.25, 0.3) is 10.9 Å². The monoisotopic (exact) mass is 418 g/mol. The lowest BCUT2D eigenvalue weighted by Crippen LogP contribution is -2.40. The third-order valence-corrected chi connectivity index (χ3v) is 5.19. The Balaban J connectivity index is 2.39. The smallest absolute Gasteiger partial charge is 0.261 e. The van der Waals surface area contributed by atoms with Crippen LogP contribution in [-0.2, 0) is 20.8 Å². The molecule has 0 aliphatic rings. The Morgan fingerprint density at radius 2 is 1.90 bits per heavy atom. The Morgan fingerprint density at radius 1 is 1.17 bits per heavy atom. The highest BCUT2D eigenvalue weighted by molar-refractivity contribution is 5.79. The lowest BCUT2D eigenvalue weighted by atomic mass is 10.1. The zero-order chi connectivity index (χ0) is 21.9. The molecule has 0 saturated heterocycles. The average Bonchev–Trinajstić information content (AvgIpc) is 2.75. The highest BCUT2D eigenvalue weighted by Gasteiger charge is 2.25. The second-order valence-corrected chi connectivity index (χ2v) is 7.34. The van der Waals surface area contributed by atoms with Crippen molar-refractivity contribution in [1.82, 2.24) is 14.5 Å². The number of nitrogens with two attached hydrogens (primary N) is 1. The predicted octanol–water partition coefficient (Wildman–Crippen LogP) is 2.10. The first-order chi connectivity index (χ1) is 14.5. The number of fused-ring (bicyclic) bond motifs is 1. The number of para-hydroxylation sites is 1. The van der Waals surface area contributed by atoms with Crippen LogP contribution >= 0.6 is 0 Å². The first kappa shape index (κ1) is 24.0. The quantitative estimate of drug-likeness (QED) is 0.500. The summed E-state index contributed by atoms with van der Waals surface area (Å²) in [5.74, 6) is 0.437. The Labute approximate surface area is 178 Å². The molecular formula is C22H34N4O4. The summed E-state index contributed by atoms with van der Waals surface area (Å²) in [5, 5.41) is 0.557. The molecule has 166 valence electrons. The molecule has 0 aliphatic carbocycles. The van der Waals surface area contributed by atoms with Crippen molar-refractivity contribution in [3.8, 4) is 0 Å². The molecule has 30 heavy (non-hydrogen) atoms. The van der Waals surface area contributed by atoms with Gasteiger partial charge in [-0.25, -0.2) is 4.98 Å². The second kappa shape index (κ2) is 12.4.